The molecule has 4 rings (SSSR count). The molecule has 0 aliphatic heterocycles. The average Bonchev–Trinajstić information content (AvgIpc) is 3.03. The second-order valence-electron chi connectivity index (χ2n) is 6.57. The van der Waals surface area contributed by atoms with Gasteiger partial charge in [0.25, 0.3) is 5.89 Å². The molecule has 6 heteroatoms. The highest BCUT2D eigenvalue weighted by molar-refractivity contribution is 6.05. The highest BCUT2D eigenvalue weighted by Gasteiger charge is 2.26. The van der Waals surface area contributed by atoms with E-state index < -0.39 is 0 Å². The quantitative estimate of drug-likeness (QED) is 0.682. The SMILES string of the molecule is Cc1nnc(COC(=O)c2c3c(nc4ccccc24)CCC(C)C3)o1. The van der Waals surface area contributed by atoms with E-state index in [1.165, 1.54) is 0 Å². The number of carbonyl (C=O) groups excluding carboxylic acids is 1. The number of aryl methyl sites for hydroxylation is 2. The lowest BCUT2D eigenvalue weighted by Gasteiger charge is -2.24. The van der Waals surface area contributed by atoms with Crippen molar-refractivity contribution in [2.45, 2.75) is 39.7 Å². The Morgan fingerprint density at radius 1 is 1.32 bits per heavy atom. The van der Waals surface area contributed by atoms with Gasteiger partial charge in [-0.1, -0.05) is 25.1 Å². The molecule has 0 spiro atoms. The molecule has 0 amide bonds. The molecule has 0 saturated carbocycles. The van der Waals surface area contributed by atoms with Gasteiger partial charge in [0.2, 0.25) is 5.89 Å². The van der Waals surface area contributed by atoms with Crippen LogP contribution in [0.3, 0.4) is 0 Å². The number of rotatable bonds is 3. The fourth-order valence-corrected chi connectivity index (χ4v) is 3.39. The van der Waals surface area contributed by atoms with E-state index in [1.807, 2.05) is 24.3 Å². The number of nitrogens with zero attached hydrogens (tertiary/aromatic N) is 3. The van der Waals surface area contributed by atoms with E-state index in [-0.39, 0.29) is 12.6 Å². The molecule has 1 unspecified atom stereocenters. The van der Waals surface area contributed by atoms with Gasteiger partial charge in [-0.05, 0) is 36.8 Å². The zero-order valence-corrected chi connectivity index (χ0v) is 14.3. The molecule has 0 bridgehead atoms. The van der Waals surface area contributed by atoms with Crippen LogP contribution in [0.15, 0.2) is 28.7 Å². The Labute approximate surface area is 145 Å². The zero-order valence-electron chi connectivity index (χ0n) is 14.3. The van der Waals surface area contributed by atoms with Gasteiger partial charge in [-0.25, -0.2) is 4.79 Å². The van der Waals surface area contributed by atoms with Gasteiger partial charge >= 0.3 is 5.97 Å². The van der Waals surface area contributed by atoms with Crippen LogP contribution < -0.4 is 0 Å². The number of ether oxygens (including phenoxy) is 1. The number of esters is 1. The average molecular weight is 337 g/mol. The lowest BCUT2D eigenvalue weighted by molar-refractivity contribution is 0.0437. The van der Waals surface area contributed by atoms with Crippen molar-refractivity contribution in [1.29, 1.82) is 0 Å². The first-order valence-electron chi connectivity index (χ1n) is 8.48. The summed E-state index contributed by atoms with van der Waals surface area (Å²) in [6.07, 6.45) is 2.83. The van der Waals surface area contributed by atoms with Crippen molar-refractivity contribution in [2.24, 2.45) is 5.92 Å². The van der Waals surface area contributed by atoms with Crippen LogP contribution in [-0.4, -0.2) is 21.2 Å². The van der Waals surface area contributed by atoms with E-state index >= 15 is 0 Å². The summed E-state index contributed by atoms with van der Waals surface area (Å²) in [5, 5.41) is 8.45. The Morgan fingerprint density at radius 3 is 2.96 bits per heavy atom. The molecule has 0 saturated heterocycles. The third kappa shape index (κ3) is 2.99. The summed E-state index contributed by atoms with van der Waals surface area (Å²) in [6.45, 7) is 3.88. The smallest absolute Gasteiger partial charge is 0.339 e. The zero-order chi connectivity index (χ0) is 17.4. The summed E-state index contributed by atoms with van der Waals surface area (Å²) in [6, 6.07) is 7.71. The largest absolute Gasteiger partial charge is 0.452 e. The van der Waals surface area contributed by atoms with Crippen LogP contribution in [0.2, 0.25) is 0 Å². The van der Waals surface area contributed by atoms with Gasteiger partial charge in [0.1, 0.15) is 0 Å². The highest BCUT2D eigenvalue weighted by Crippen LogP contribution is 2.32. The highest BCUT2D eigenvalue weighted by atomic mass is 16.5. The Hall–Kier alpha value is -2.76. The first kappa shape index (κ1) is 15.7. The minimum Gasteiger partial charge on any atom is -0.452 e. The number of fused-ring (bicyclic) bond motifs is 2. The van der Waals surface area contributed by atoms with Crippen LogP contribution in [0.5, 0.6) is 0 Å². The summed E-state index contributed by atoms with van der Waals surface area (Å²) in [4.78, 5) is 17.6. The first-order valence-corrected chi connectivity index (χ1v) is 8.48. The molecule has 1 aliphatic carbocycles. The van der Waals surface area contributed by atoms with Gasteiger partial charge in [0.05, 0.1) is 11.1 Å². The number of para-hydroxylation sites is 1. The molecule has 1 aliphatic rings. The Morgan fingerprint density at radius 2 is 2.16 bits per heavy atom. The van der Waals surface area contributed by atoms with Crippen molar-refractivity contribution >= 4 is 16.9 Å². The Bertz CT molecular complexity index is 948. The maximum Gasteiger partial charge on any atom is 0.339 e. The fraction of sp³-hybridized carbons (Fsp3) is 0.368. The van der Waals surface area contributed by atoms with Gasteiger partial charge in [-0.15, -0.1) is 10.2 Å². The summed E-state index contributed by atoms with van der Waals surface area (Å²) in [5.74, 6) is 0.915. The molecule has 1 aromatic carbocycles. The van der Waals surface area contributed by atoms with Crippen LogP contribution in [0, 0.1) is 12.8 Å². The topological polar surface area (TPSA) is 78.1 Å². The van der Waals surface area contributed by atoms with Gasteiger partial charge in [-0.3, -0.25) is 4.98 Å². The Balaban J connectivity index is 1.73. The van der Waals surface area contributed by atoms with E-state index in [1.54, 1.807) is 6.92 Å². The minimum atomic E-state index is -0.361. The summed E-state index contributed by atoms with van der Waals surface area (Å²) in [5.41, 5.74) is 3.49. The molecule has 2 heterocycles. The number of hydrogen-bond donors (Lipinski definition) is 0. The molecule has 6 nitrogen and oxygen atoms in total. The summed E-state index contributed by atoms with van der Waals surface area (Å²) >= 11 is 0. The molecule has 0 radical (unpaired) electrons. The first-order chi connectivity index (χ1) is 12.1. The van der Waals surface area contributed by atoms with Crippen LogP contribution in [0.1, 0.15) is 46.7 Å². The van der Waals surface area contributed by atoms with Gasteiger partial charge in [0.15, 0.2) is 6.61 Å². The van der Waals surface area contributed by atoms with E-state index in [0.717, 1.165) is 41.4 Å². The lowest BCUT2D eigenvalue weighted by atomic mass is 9.84. The molecular weight excluding hydrogens is 318 g/mol. The predicted octanol–water partition coefficient (Wildman–Crippen LogP) is 3.41. The Kier molecular flexibility index (Phi) is 3.95. The molecule has 0 fully saturated rings. The van der Waals surface area contributed by atoms with E-state index in [2.05, 4.69) is 17.1 Å². The van der Waals surface area contributed by atoms with Gasteiger partial charge in [0, 0.05) is 18.0 Å². The second kappa shape index (κ2) is 6.27. The van der Waals surface area contributed by atoms with Crippen molar-refractivity contribution in [3.63, 3.8) is 0 Å². The van der Waals surface area contributed by atoms with Crippen molar-refractivity contribution in [3.8, 4) is 0 Å². The standard InChI is InChI=1S/C19H19N3O3/c1-11-7-8-16-14(9-11)18(13-5-3-4-6-15(13)20-16)19(23)24-10-17-22-21-12(2)25-17/h3-6,11H,7-10H2,1-2H3. The number of carbonyl (C=O) groups is 1. The van der Waals surface area contributed by atoms with Crippen molar-refractivity contribution < 1.29 is 13.9 Å². The third-order valence-corrected chi connectivity index (χ3v) is 4.60. The van der Waals surface area contributed by atoms with Crippen LogP contribution in [-0.2, 0) is 24.2 Å². The molecule has 2 aromatic heterocycles. The fourth-order valence-electron chi connectivity index (χ4n) is 3.39. The monoisotopic (exact) mass is 337 g/mol. The number of hydrogen-bond acceptors (Lipinski definition) is 6. The third-order valence-electron chi connectivity index (χ3n) is 4.60. The number of aromatic nitrogens is 3. The molecule has 3 aromatic rings. The normalized spacial score (nSPS) is 16.6. The van der Waals surface area contributed by atoms with Crippen molar-refractivity contribution in [3.05, 3.63) is 52.9 Å². The maximum absolute atomic E-state index is 12.9. The van der Waals surface area contributed by atoms with E-state index in [4.69, 9.17) is 14.1 Å². The lowest BCUT2D eigenvalue weighted by Crippen LogP contribution is -2.19. The van der Waals surface area contributed by atoms with Crippen molar-refractivity contribution in [2.75, 3.05) is 0 Å². The molecule has 1 atom stereocenters. The molecule has 25 heavy (non-hydrogen) atoms. The van der Waals surface area contributed by atoms with E-state index in [9.17, 15) is 4.79 Å². The predicted molar refractivity (Wildman–Crippen MR) is 91.1 cm³/mol. The van der Waals surface area contributed by atoms with Crippen LogP contribution in [0.25, 0.3) is 10.9 Å². The summed E-state index contributed by atoms with van der Waals surface area (Å²) in [7, 11) is 0. The van der Waals surface area contributed by atoms with E-state index in [0.29, 0.717) is 23.3 Å². The van der Waals surface area contributed by atoms with Gasteiger partial charge in [-0.2, -0.15) is 0 Å². The van der Waals surface area contributed by atoms with Gasteiger partial charge < -0.3 is 9.15 Å². The second-order valence-corrected chi connectivity index (χ2v) is 6.57. The maximum atomic E-state index is 12.9. The van der Waals surface area contributed by atoms with Crippen LogP contribution >= 0.6 is 0 Å². The molecular formula is C19H19N3O3. The number of benzene rings is 1. The molecule has 0 N–H and O–H groups in total. The van der Waals surface area contributed by atoms with Crippen LogP contribution in [0.4, 0.5) is 0 Å². The summed E-state index contributed by atoms with van der Waals surface area (Å²) < 4.78 is 10.7. The molecule has 128 valence electrons. The van der Waals surface area contributed by atoms with Crippen molar-refractivity contribution in [1.82, 2.24) is 15.2 Å². The minimum absolute atomic E-state index is 0.0271. The number of pyridine rings is 1.